The van der Waals surface area contributed by atoms with Gasteiger partial charge in [-0.3, -0.25) is 4.79 Å². The molecule has 2 N–H and O–H groups in total. The SMILES string of the molecule is CCC(C)C(NC(=O)OC(C)(C)C)C(=O)NCC(=NOC)c1ccc(Cl)cc1Cl. The van der Waals surface area contributed by atoms with E-state index in [4.69, 9.17) is 32.8 Å². The van der Waals surface area contributed by atoms with Gasteiger partial charge in [-0.25, -0.2) is 4.79 Å². The van der Waals surface area contributed by atoms with Crippen molar-refractivity contribution in [3.63, 3.8) is 0 Å². The Kier molecular flexibility index (Phi) is 9.73. The summed E-state index contributed by atoms with van der Waals surface area (Å²) in [6.45, 7) is 9.14. The molecule has 1 aromatic carbocycles. The number of carbonyl (C=O) groups is 2. The van der Waals surface area contributed by atoms with Crippen LogP contribution in [0.1, 0.15) is 46.6 Å². The fourth-order valence-electron chi connectivity index (χ4n) is 2.43. The van der Waals surface area contributed by atoms with Crippen molar-refractivity contribution in [3.05, 3.63) is 33.8 Å². The number of benzene rings is 1. The summed E-state index contributed by atoms with van der Waals surface area (Å²) in [6.07, 6.45) is 0.0418. The van der Waals surface area contributed by atoms with Crippen molar-refractivity contribution in [3.8, 4) is 0 Å². The summed E-state index contributed by atoms with van der Waals surface area (Å²) in [5.74, 6) is -0.469. The lowest BCUT2D eigenvalue weighted by Crippen LogP contribution is -2.52. The van der Waals surface area contributed by atoms with Crippen molar-refractivity contribution in [2.24, 2.45) is 11.1 Å². The number of amides is 2. The Morgan fingerprint density at radius 3 is 2.41 bits per heavy atom. The summed E-state index contributed by atoms with van der Waals surface area (Å²) in [6, 6.07) is 4.18. The Labute approximate surface area is 182 Å². The largest absolute Gasteiger partial charge is 0.444 e. The molecule has 2 unspecified atom stereocenters. The summed E-state index contributed by atoms with van der Waals surface area (Å²) >= 11 is 12.2. The second-order valence-electron chi connectivity index (χ2n) is 7.57. The van der Waals surface area contributed by atoms with E-state index in [-0.39, 0.29) is 18.4 Å². The zero-order valence-electron chi connectivity index (χ0n) is 17.6. The van der Waals surface area contributed by atoms with Crippen molar-refractivity contribution < 1.29 is 19.2 Å². The molecule has 0 saturated heterocycles. The summed E-state index contributed by atoms with van der Waals surface area (Å²) < 4.78 is 5.27. The summed E-state index contributed by atoms with van der Waals surface area (Å²) in [4.78, 5) is 29.8. The number of nitrogens with zero attached hydrogens (tertiary/aromatic N) is 1. The first kappa shape index (κ1) is 25.0. The van der Waals surface area contributed by atoms with Gasteiger partial charge in [-0.1, -0.05) is 48.6 Å². The maximum absolute atomic E-state index is 12.8. The number of hydrogen-bond acceptors (Lipinski definition) is 5. The third-order valence-electron chi connectivity index (χ3n) is 4.04. The molecule has 0 aliphatic heterocycles. The first-order valence-electron chi connectivity index (χ1n) is 9.31. The van der Waals surface area contributed by atoms with E-state index in [2.05, 4.69) is 15.8 Å². The molecule has 1 rings (SSSR count). The van der Waals surface area contributed by atoms with E-state index in [0.29, 0.717) is 27.7 Å². The smallest absolute Gasteiger partial charge is 0.408 e. The lowest BCUT2D eigenvalue weighted by atomic mass is 9.98. The Morgan fingerprint density at radius 2 is 1.90 bits per heavy atom. The van der Waals surface area contributed by atoms with Crippen LogP contribution >= 0.6 is 23.2 Å². The summed E-state index contributed by atoms with van der Waals surface area (Å²) in [5, 5.41) is 10.2. The van der Waals surface area contributed by atoms with E-state index in [0.717, 1.165) is 0 Å². The molecule has 0 heterocycles. The molecule has 162 valence electrons. The molecule has 0 saturated carbocycles. The van der Waals surface area contributed by atoms with Gasteiger partial charge in [0.2, 0.25) is 5.91 Å². The first-order chi connectivity index (χ1) is 13.5. The van der Waals surface area contributed by atoms with Crippen LogP contribution in [0.4, 0.5) is 4.79 Å². The maximum Gasteiger partial charge on any atom is 0.408 e. The van der Waals surface area contributed by atoms with Crippen LogP contribution in [0.15, 0.2) is 23.4 Å². The Bertz CT molecular complexity index is 748. The van der Waals surface area contributed by atoms with Crippen molar-refractivity contribution in [2.75, 3.05) is 13.7 Å². The lowest BCUT2D eigenvalue weighted by Gasteiger charge is -2.26. The topological polar surface area (TPSA) is 89.0 Å². The Morgan fingerprint density at radius 1 is 1.24 bits per heavy atom. The van der Waals surface area contributed by atoms with Gasteiger partial charge in [0, 0.05) is 10.6 Å². The number of oxime groups is 1. The van der Waals surface area contributed by atoms with E-state index in [1.807, 2.05) is 13.8 Å². The van der Waals surface area contributed by atoms with E-state index in [9.17, 15) is 9.59 Å². The highest BCUT2D eigenvalue weighted by Crippen LogP contribution is 2.22. The third-order valence-corrected chi connectivity index (χ3v) is 4.59. The van der Waals surface area contributed by atoms with Gasteiger partial charge in [0.25, 0.3) is 0 Å². The molecule has 7 nitrogen and oxygen atoms in total. The van der Waals surface area contributed by atoms with E-state index < -0.39 is 17.7 Å². The molecule has 1 aromatic rings. The zero-order valence-corrected chi connectivity index (χ0v) is 19.1. The quantitative estimate of drug-likeness (QED) is 0.458. The number of halogens is 2. The van der Waals surface area contributed by atoms with Crippen molar-refractivity contribution in [1.29, 1.82) is 0 Å². The fraction of sp³-hybridized carbons (Fsp3) is 0.550. The predicted molar refractivity (Wildman–Crippen MR) is 116 cm³/mol. The molecule has 0 bridgehead atoms. The highest BCUT2D eigenvalue weighted by Gasteiger charge is 2.28. The van der Waals surface area contributed by atoms with Gasteiger partial charge >= 0.3 is 6.09 Å². The second-order valence-corrected chi connectivity index (χ2v) is 8.42. The fourth-order valence-corrected chi connectivity index (χ4v) is 2.95. The van der Waals surface area contributed by atoms with E-state index in [1.54, 1.807) is 39.0 Å². The monoisotopic (exact) mass is 445 g/mol. The molecule has 0 aromatic heterocycles. The molecule has 9 heteroatoms. The molecule has 2 amide bonds. The third kappa shape index (κ3) is 8.50. The molecular weight excluding hydrogens is 417 g/mol. The van der Waals surface area contributed by atoms with Crippen LogP contribution in [0.3, 0.4) is 0 Å². The Balaban J connectivity index is 2.91. The molecule has 0 fully saturated rings. The molecule has 0 aliphatic carbocycles. The number of rotatable bonds is 8. The number of alkyl carbamates (subject to hydrolysis) is 1. The van der Waals surface area contributed by atoms with Gasteiger partial charge in [-0.05, 0) is 44.9 Å². The highest BCUT2D eigenvalue weighted by molar-refractivity contribution is 6.37. The van der Waals surface area contributed by atoms with Crippen LogP contribution in [0.5, 0.6) is 0 Å². The van der Waals surface area contributed by atoms with E-state index >= 15 is 0 Å². The standard InChI is InChI=1S/C20H29Cl2N3O4/c1-7-12(2)17(24-19(27)29-20(3,4)5)18(26)23-11-16(25-28-6)14-9-8-13(21)10-15(14)22/h8-10,12,17H,7,11H2,1-6H3,(H,23,26)(H,24,27). The summed E-state index contributed by atoms with van der Waals surface area (Å²) in [5.41, 5.74) is 0.339. The number of nitrogens with one attached hydrogen (secondary N) is 2. The van der Waals surface area contributed by atoms with Crippen LogP contribution in [-0.2, 0) is 14.4 Å². The van der Waals surface area contributed by atoms with Crippen molar-refractivity contribution >= 4 is 40.9 Å². The number of carbonyl (C=O) groups excluding carboxylic acids is 2. The number of ether oxygens (including phenoxy) is 1. The van der Waals surface area contributed by atoms with Crippen LogP contribution in [-0.4, -0.2) is 43.0 Å². The minimum Gasteiger partial charge on any atom is -0.444 e. The van der Waals surface area contributed by atoms with Gasteiger partial charge in [0.05, 0.1) is 11.6 Å². The summed E-state index contributed by atoms with van der Waals surface area (Å²) in [7, 11) is 1.40. The first-order valence-corrected chi connectivity index (χ1v) is 10.1. The lowest BCUT2D eigenvalue weighted by molar-refractivity contribution is -0.124. The molecule has 0 radical (unpaired) electrons. The van der Waals surface area contributed by atoms with Crippen molar-refractivity contribution in [1.82, 2.24) is 10.6 Å². The second kappa shape index (κ2) is 11.3. The predicted octanol–water partition coefficient (Wildman–Crippen LogP) is 4.40. The molecule has 0 aliphatic rings. The zero-order chi connectivity index (χ0) is 22.2. The van der Waals surface area contributed by atoms with Gasteiger partial charge in [-0.2, -0.15) is 0 Å². The molecule has 0 spiro atoms. The normalized spacial score (nSPS) is 14.0. The van der Waals surface area contributed by atoms with Crippen LogP contribution < -0.4 is 10.6 Å². The van der Waals surface area contributed by atoms with Gasteiger partial charge < -0.3 is 20.2 Å². The van der Waals surface area contributed by atoms with Gasteiger partial charge in [0.1, 0.15) is 24.5 Å². The van der Waals surface area contributed by atoms with Crippen LogP contribution in [0.2, 0.25) is 10.0 Å². The molecule has 29 heavy (non-hydrogen) atoms. The van der Waals surface area contributed by atoms with Gasteiger partial charge in [0.15, 0.2) is 0 Å². The average Bonchev–Trinajstić information content (AvgIpc) is 2.61. The maximum atomic E-state index is 12.8. The molecule has 2 atom stereocenters. The van der Waals surface area contributed by atoms with Crippen LogP contribution in [0.25, 0.3) is 0 Å². The van der Waals surface area contributed by atoms with Crippen LogP contribution in [0, 0.1) is 5.92 Å². The minimum absolute atomic E-state index is 0.0525. The minimum atomic E-state index is -0.765. The molecular formula is C20H29Cl2N3O4. The van der Waals surface area contributed by atoms with E-state index in [1.165, 1.54) is 7.11 Å². The highest BCUT2D eigenvalue weighted by atomic mass is 35.5. The Hall–Kier alpha value is -1.99. The average molecular weight is 446 g/mol. The number of hydrogen-bond donors (Lipinski definition) is 2. The van der Waals surface area contributed by atoms with Gasteiger partial charge in [-0.15, -0.1) is 0 Å². The van der Waals surface area contributed by atoms with Crippen molar-refractivity contribution in [2.45, 2.75) is 52.7 Å².